The van der Waals surface area contributed by atoms with Crippen molar-refractivity contribution in [2.45, 2.75) is 74.4 Å². The first kappa shape index (κ1) is 19.9. The fourth-order valence-corrected chi connectivity index (χ4v) is 3.28. The van der Waals surface area contributed by atoms with E-state index < -0.39 is 67.7 Å². The van der Waals surface area contributed by atoms with Crippen molar-refractivity contribution < 1.29 is 40.1 Å². The molecule has 10 heteroatoms. The lowest BCUT2D eigenvalue weighted by atomic mass is 9.80. The Hall–Kier alpha value is -0.400. The monoisotopic (exact) mass is 352 g/mol. The predicted octanol–water partition coefficient (Wildman–Crippen LogP) is -4.41. The second-order valence-electron chi connectivity index (χ2n) is 6.74. The number of aliphatic hydroxyl groups excluding tert-OH is 6. The van der Waals surface area contributed by atoms with Gasteiger partial charge in [0.05, 0.1) is 18.8 Å². The second-order valence-corrected chi connectivity index (χ2v) is 6.74. The highest BCUT2D eigenvalue weighted by Crippen LogP contribution is 2.30. The summed E-state index contributed by atoms with van der Waals surface area (Å²) in [7, 11) is 0. The van der Waals surface area contributed by atoms with Gasteiger partial charge in [-0.1, -0.05) is 6.92 Å². The molecule has 0 bridgehead atoms. The van der Waals surface area contributed by atoms with Crippen molar-refractivity contribution in [2.24, 2.45) is 17.4 Å². The van der Waals surface area contributed by atoms with Crippen LogP contribution < -0.4 is 11.5 Å². The standard InChI is InChI=1S/C14H28N2O8/c1-4-2-5(15)12(10(21)8(4)19)23-14-7(16)9(20)11(22)13(24-14)6(18)3-17/h4-14,17-22H,2-3,15-16H2,1H3/t4-,5?,6-,7?,8?,9-,10-,11+,12-,13?,14+/m1/s1. The Balaban J connectivity index is 2.12. The van der Waals surface area contributed by atoms with E-state index in [4.69, 9.17) is 26.0 Å². The molecule has 0 radical (unpaired) electrons. The molecule has 1 aliphatic heterocycles. The van der Waals surface area contributed by atoms with Gasteiger partial charge in [0.25, 0.3) is 0 Å². The lowest BCUT2D eigenvalue weighted by Crippen LogP contribution is -2.67. The molecule has 0 aromatic carbocycles. The van der Waals surface area contributed by atoms with Crippen LogP contribution in [0.25, 0.3) is 0 Å². The first-order valence-corrected chi connectivity index (χ1v) is 8.02. The van der Waals surface area contributed by atoms with Gasteiger partial charge in [-0.05, 0) is 12.3 Å². The summed E-state index contributed by atoms with van der Waals surface area (Å²) in [5.41, 5.74) is 11.8. The van der Waals surface area contributed by atoms with E-state index in [1.165, 1.54) is 0 Å². The van der Waals surface area contributed by atoms with Gasteiger partial charge < -0.3 is 51.6 Å². The zero-order chi connectivity index (χ0) is 18.2. The van der Waals surface area contributed by atoms with Crippen LogP contribution in [-0.2, 0) is 9.47 Å². The Bertz CT molecular complexity index is 416. The van der Waals surface area contributed by atoms with Gasteiger partial charge in [-0.2, -0.15) is 0 Å². The van der Waals surface area contributed by atoms with Crippen molar-refractivity contribution in [3.05, 3.63) is 0 Å². The topological polar surface area (TPSA) is 192 Å². The molecule has 11 atom stereocenters. The number of ether oxygens (including phenoxy) is 2. The van der Waals surface area contributed by atoms with Crippen LogP contribution >= 0.6 is 0 Å². The zero-order valence-electron chi connectivity index (χ0n) is 13.4. The smallest absolute Gasteiger partial charge is 0.176 e. The molecule has 10 nitrogen and oxygen atoms in total. The van der Waals surface area contributed by atoms with Gasteiger partial charge in [0.1, 0.15) is 36.6 Å². The van der Waals surface area contributed by atoms with Gasteiger partial charge in [0, 0.05) is 6.04 Å². The summed E-state index contributed by atoms with van der Waals surface area (Å²) in [4.78, 5) is 0. The Morgan fingerprint density at radius 3 is 2.29 bits per heavy atom. The van der Waals surface area contributed by atoms with Gasteiger partial charge >= 0.3 is 0 Å². The van der Waals surface area contributed by atoms with Crippen LogP contribution in [0.15, 0.2) is 0 Å². The van der Waals surface area contributed by atoms with E-state index in [0.717, 1.165) is 0 Å². The summed E-state index contributed by atoms with van der Waals surface area (Å²) in [6.45, 7) is 1.05. The van der Waals surface area contributed by atoms with Gasteiger partial charge in [-0.25, -0.2) is 0 Å². The number of hydrogen-bond acceptors (Lipinski definition) is 10. The van der Waals surface area contributed by atoms with Crippen molar-refractivity contribution in [3.63, 3.8) is 0 Å². The van der Waals surface area contributed by atoms with Gasteiger partial charge in [0.15, 0.2) is 6.29 Å². The maximum Gasteiger partial charge on any atom is 0.176 e. The zero-order valence-corrected chi connectivity index (χ0v) is 13.4. The van der Waals surface area contributed by atoms with Crippen LogP contribution in [0.2, 0.25) is 0 Å². The first-order valence-electron chi connectivity index (χ1n) is 8.02. The molecule has 1 heterocycles. The van der Waals surface area contributed by atoms with Gasteiger partial charge in [-0.15, -0.1) is 0 Å². The van der Waals surface area contributed by atoms with Crippen LogP contribution in [0.1, 0.15) is 13.3 Å². The Kier molecular flexibility index (Phi) is 6.53. The summed E-state index contributed by atoms with van der Waals surface area (Å²) < 4.78 is 11.0. The maximum absolute atomic E-state index is 10.2. The maximum atomic E-state index is 10.2. The molecule has 2 aliphatic rings. The molecule has 4 unspecified atom stereocenters. The molecule has 0 amide bonds. The molecule has 2 rings (SSSR count). The van der Waals surface area contributed by atoms with Gasteiger partial charge in [0.2, 0.25) is 0 Å². The molecule has 0 spiro atoms. The van der Waals surface area contributed by atoms with Crippen molar-refractivity contribution in [3.8, 4) is 0 Å². The van der Waals surface area contributed by atoms with Crippen LogP contribution in [-0.4, -0.2) is 98.3 Å². The van der Waals surface area contributed by atoms with E-state index in [2.05, 4.69) is 0 Å². The largest absolute Gasteiger partial charge is 0.394 e. The van der Waals surface area contributed by atoms with E-state index in [-0.39, 0.29) is 5.92 Å². The molecule has 2 fully saturated rings. The molecular formula is C14H28N2O8. The molecule has 1 saturated carbocycles. The molecule has 0 aromatic rings. The van der Waals surface area contributed by atoms with Crippen molar-refractivity contribution in [1.29, 1.82) is 0 Å². The summed E-state index contributed by atoms with van der Waals surface area (Å²) >= 11 is 0. The Morgan fingerprint density at radius 2 is 1.71 bits per heavy atom. The summed E-state index contributed by atoms with van der Waals surface area (Å²) in [5.74, 6) is -0.216. The Labute approximate surface area is 139 Å². The predicted molar refractivity (Wildman–Crippen MR) is 80.4 cm³/mol. The van der Waals surface area contributed by atoms with Crippen molar-refractivity contribution >= 4 is 0 Å². The summed E-state index contributed by atoms with van der Waals surface area (Å²) in [5, 5.41) is 58.8. The lowest BCUT2D eigenvalue weighted by Gasteiger charge is -2.46. The third-order valence-electron chi connectivity index (χ3n) is 4.88. The molecule has 24 heavy (non-hydrogen) atoms. The van der Waals surface area contributed by atoms with Crippen molar-refractivity contribution in [1.82, 2.24) is 0 Å². The molecule has 0 aromatic heterocycles. The minimum Gasteiger partial charge on any atom is -0.394 e. The van der Waals surface area contributed by atoms with E-state index in [1.54, 1.807) is 6.92 Å². The van der Waals surface area contributed by atoms with Crippen LogP contribution in [0.5, 0.6) is 0 Å². The van der Waals surface area contributed by atoms with Crippen LogP contribution in [0.3, 0.4) is 0 Å². The third kappa shape index (κ3) is 3.73. The van der Waals surface area contributed by atoms with E-state index in [9.17, 15) is 25.5 Å². The minimum absolute atomic E-state index is 0.216. The Morgan fingerprint density at radius 1 is 1.08 bits per heavy atom. The van der Waals surface area contributed by atoms with E-state index in [0.29, 0.717) is 6.42 Å². The summed E-state index contributed by atoms with van der Waals surface area (Å²) in [6.07, 6.45) is -9.97. The van der Waals surface area contributed by atoms with E-state index >= 15 is 0 Å². The first-order chi connectivity index (χ1) is 11.2. The highest BCUT2D eigenvalue weighted by molar-refractivity contribution is 4.98. The number of rotatable bonds is 4. The summed E-state index contributed by atoms with van der Waals surface area (Å²) in [6, 6.07) is -1.77. The highest BCUT2D eigenvalue weighted by Gasteiger charge is 2.49. The van der Waals surface area contributed by atoms with Crippen LogP contribution in [0, 0.1) is 5.92 Å². The van der Waals surface area contributed by atoms with Crippen LogP contribution in [0.4, 0.5) is 0 Å². The molecular weight excluding hydrogens is 324 g/mol. The third-order valence-corrected chi connectivity index (χ3v) is 4.88. The normalized spacial score (nSPS) is 51.4. The second kappa shape index (κ2) is 7.87. The molecule has 1 aliphatic carbocycles. The average Bonchev–Trinajstić information content (AvgIpc) is 2.55. The average molecular weight is 352 g/mol. The van der Waals surface area contributed by atoms with Crippen molar-refractivity contribution in [2.75, 3.05) is 6.61 Å². The van der Waals surface area contributed by atoms with Gasteiger partial charge in [-0.3, -0.25) is 0 Å². The van der Waals surface area contributed by atoms with E-state index in [1.807, 2.05) is 0 Å². The molecule has 1 saturated heterocycles. The number of nitrogens with two attached hydrogens (primary N) is 2. The lowest BCUT2D eigenvalue weighted by molar-refractivity contribution is -0.305. The number of hydrogen-bond donors (Lipinski definition) is 8. The quantitative estimate of drug-likeness (QED) is 0.245. The highest BCUT2D eigenvalue weighted by atomic mass is 16.7. The number of aliphatic hydroxyl groups is 6. The fraction of sp³-hybridized carbons (Fsp3) is 1.00. The molecule has 10 N–H and O–H groups in total. The fourth-order valence-electron chi connectivity index (χ4n) is 3.28. The molecule has 142 valence electrons. The minimum atomic E-state index is -1.52. The SMILES string of the molecule is C[C@@H]1CC(N)[C@@H](O[C@H]2OC([C@H](O)CO)[C@@H](O)[C@H](O)C2N)[C@H](O)C1O.